The maximum Gasteiger partial charge on any atom is 0.410 e. The van der Waals surface area contributed by atoms with Crippen molar-refractivity contribution >= 4 is 28.5 Å². The van der Waals surface area contributed by atoms with E-state index in [4.69, 9.17) is 4.74 Å². The molecule has 0 aliphatic carbocycles. The average Bonchev–Trinajstić information content (AvgIpc) is 3.41. The molecule has 1 aliphatic heterocycles. The van der Waals surface area contributed by atoms with Crippen LogP contribution in [0.2, 0.25) is 0 Å². The van der Waals surface area contributed by atoms with Crippen molar-refractivity contribution in [1.29, 1.82) is 0 Å². The van der Waals surface area contributed by atoms with E-state index in [1.54, 1.807) is 17.3 Å². The van der Waals surface area contributed by atoms with E-state index in [-0.39, 0.29) is 11.8 Å². The first kappa shape index (κ1) is 22.0. The van der Waals surface area contributed by atoms with Crippen LogP contribution in [0.25, 0.3) is 11.3 Å². The third-order valence-corrected chi connectivity index (χ3v) is 5.99. The fourth-order valence-corrected chi connectivity index (χ4v) is 4.48. The molecule has 1 aliphatic rings. The van der Waals surface area contributed by atoms with Crippen LogP contribution >= 0.6 is 11.3 Å². The summed E-state index contributed by atoms with van der Waals surface area (Å²) in [4.78, 5) is 36.2. The van der Waals surface area contributed by atoms with Gasteiger partial charge in [0.15, 0.2) is 5.13 Å². The number of likely N-dealkylation sites (tertiary alicyclic amines) is 1. The minimum absolute atomic E-state index is 0.124. The van der Waals surface area contributed by atoms with Gasteiger partial charge in [-0.2, -0.15) is 0 Å². The molecule has 1 fully saturated rings. The number of nitrogens with one attached hydrogen (secondary N) is 1. The number of rotatable bonds is 4. The van der Waals surface area contributed by atoms with Gasteiger partial charge in [-0.05, 0) is 38.5 Å². The zero-order valence-corrected chi connectivity index (χ0v) is 19.1. The predicted molar refractivity (Wildman–Crippen MR) is 124 cm³/mol. The fourth-order valence-electron chi connectivity index (χ4n) is 3.76. The highest BCUT2D eigenvalue weighted by Crippen LogP contribution is 2.35. The van der Waals surface area contributed by atoms with Crippen LogP contribution in [0.15, 0.2) is 60.2 Å². The molecule has 0 saturated carbocycles. The number of aromatic nitrogens is 2. The van der Waals surface area contributed by atoms with Gasteiger partial charge in [-0.15, -0.1) is 11.3 Å². The number of nitrogens with zero attached hydrogens (tertiary/aromatic N) is 3. The summed E-state index contributed by atoms with van der Waals surface area (Å²) in [6.45, 7) is 6.23. The highest BCUT2D eigenvalue weighted by atomic mass is 32.1. The van der Waals surface area contributed by atoms with Crippen molar-refractivity contribution < 1.29 is 14.3 Å². The van der Waals surface area contributed by atoms with Crippen LogP contribution in [-0.2, 0) is 9.53 Å². The smallest absolute Gasteiger partial charge is 0.410 e. The number of thiazole rings is 1. The van der Waals surface area contributed by atoms with Crippen molar-refractivity contribution in [2.75, 3.05) is 18.4 Å². The normalized spacial score (nSPS) is 18.4. The lowest BCUT2D eigenvalue weighted by atomic mass is 9.88. The van der Waals surface area contributed by atoms with Gasteiger partial charge in [0.05, 0.1) is 11.6 Å². The van der Waals surface area contributed by atoms with E-state index < -0.39 is 17.6 Å². The molecule has 3 aromatic rings. The summed E-state index contributed by atoms with van der Waals surface area (Å²) in [6, 6.07) is 13.6. The first-order valence-corrected chi connectivity index (χ1v) is 11.4. The second-order valence-corrected chi connectivity index (χ2v) is 9.64. The van der Waals surface area contributed by atoms with Gasteiger partial charge in [0.25, 0.3) is 0 Å². The van der Waals surface area contributed by atoms with E-state index in [0.29, 0.717) is 18.2 Å². The lowest BCUT2D eigenvalue weighted by Crippen LogP contribution is -2.36. The maximum atomic E-state index is 13.3. The molecule has 2 aromatic heterocycles. The molecule has 0 spiro atoms. The summed E-state index contributed by atoms with van der Waals surface area (Å²) in [6.07, 6.45) is 3.04. The number of ether oxygens (including phenoxy) is 1. The number of benzene rings is 1. The molecule has 4 rings (SSSR count). The Bertz CT molecular complexity index is 1080. The predicted octanol–water partition coefficient (Wildman–Crippen LogP) is 4.79. The molecule has 0 bridgehead atoms. The van der Waals surface area contributed by atoms with E-state index in [1.165, 1.54) is 11.3 Å². The van der Waals surface area contributed by atoms with Crippen molar-refractivity contribution in [3.05, 3.63) is 65.8 Å². The molecule has 0 unspecified atom stereocenters. The first-order chi connectivity index (χ1) is 15.3. The minimum atomic E-state index is -0.594. The molecule has 8 heteroatoms. The molecule has 166 valence electrons. The van der Waals surface area contributed by atoms with Gasteiger partial charge < -0.3 is 15.0 Å². The Labute approximate surface area is 191 Å². The van der Waals surface area contributed by atoms with E-state index >= 15 is 0 Å². The molecule has 7 nitrogen and oxygen atoms in total. The summed E-state index contributed by atoms with van der Waals surface area (Å²) in [5, 5.41) is 5.37. The van der Waals surface area contributed by atoms with Crippen LogP contribution < -0.4 is 5.32 Å². The zero-order chi connectivity index (χ0) is 22.7. The summed E-state index contributed by atoms with van der Waals surface area (Å²) in [7, 11) is 0. The van der Waals surface area contributed by atoms with Crippen LogP contribution in [0.5, 0.6) is 0 Å². The van der Waals surface area contributed by atoms with Gasteiger partial charge in [0.2, 0.25) is 5.91 Å². The summed E-state index contributed by atoms with van der Waals surface area (Å²) in [5.74, 6) is -0.686. The average molecular weight is 451 g/mol. The quantitative estimate of drug-likeness (QED) is 0.618. The van der Waals surface area contributed by atoms with Gasteiger partial charge in [0.1, 0.15) is 5.60 Å². The van der Waals surface area contributed by atoms with Crippen LogP contribution in [0, 0.1) is 5.92 Å². The lowest BCUT2D eigenvalue weighted by Gasteiger charge is -2.24. The monoisotopic (exact) mass is 450 g/mol. The maximum absolute atomic E-state index is 13.3. The molecule has 3 heterocycles. The van der Waals surface area contributed by atoms with Gasteiger partial charge in [0, 0.05) is 42.3 Å². The summed E-state index contributed by atoms with van der Waals surface area (Å²) < 4.78 is 5.54. The molecule has 32 heavy (non-hydrogen) atoms. The number of hydrogen-bond donors (Lipinski definition) is 1. The third-order valence-electron chi connectivity index (χ3n) is 5.23. The number of carbonyl (C=O) groups excluding carboxylic acids is 2. The summed E-state index contributed by atoms with van der Waals surface area (Å²) >= 11 is 1.37. The zero-order valence-electron chi connectivity index (χ0n) is 18.3. The Kier molecular flexibility index (Phi) is 6.23. The Morgan fingerprint density at radius 2 is 1.91 bits per heavy atom. The first-order valence-electron chi connectivity index (χ1n) is 10.5. The van der Waals surface area contributed by atoms with E-state index in [0.717, 1.165) is 16.8 Å². The van der Waals surface area contributed by atoms with Crippen molar-refractivity contribution in [3.63, 3.8) is 0 Å². The molecule has 0 radical (unpaired) electrons. The Balaban J connectivity index is 1.52. The third kappa shape index (κ3) is 5.13. The molecular weight excluding hydrogens is 424 g/mol. The van der Waals surface area contributed by atoms with Crippen LogP contribution in [-0.4, -0.2) is 45.6 Å². The highest BCUT2D eigenvalue weighted by molar-refractivity contribution is 7.14. The number of carbonyl (C=O) groups is 2. The van der Waals surface area contributed by atoms with Gasteiger partial charge in [-0.25, -0.2) is 9.78 Å². The standard InChI is InChI=1S/C24H26N4O3S/c1-24(2,3)31-23(30)28-13-18(16-8-5-4-6-9-16)19(14-28)21(29)27-22-26-20(15-32-22)17-10-7-11-25-12-17/h4-12,15,18-19H,13-14H2,1-3H3,(H,26,27,29)/t18-,19+/m0/s1. The molecule has 1 saturated heterocycles. The van der Waals surface area contributed by atoms with Crippen LogP contribution in [0.4, 0.5) is 9.93 Å². The number of hydrogen-bond acceptors (Lipinski definition) is 6. The van der Waals surface area contributed by atoms with E-state index in [2.05, 4.69) is 15.3 Å². The number of anilines is 1. The lowest BCUT2D eigenvalue weighted by molar-refractivity contribution is -0.119. The van der Waals surface area contributed by atoms with Crippen molar-refractivity contribution in [1.82, 2.24) is 14.9 Å². The highest BCUT2D eigenvalue weighted by Gasteiger charge is 2.41. The molecule has 1 N–H and O–H groups in total. The van der Waals surface area contributed by atoms with Crippen molar-refractivity contribution in [2.24, 2.45) is 5.92 Å². The van der Waals surface area contributed by atoms with Gasteiger partial charge >= 0.3 is 6.09 Å². The fraction of sp³-hybridized carbons (Fsp3) is 0.333. The Morgan fingerprint density at radius 1 is 1.12 bits per heavy atom. The van der Waals surface area contributed by atoms with E-state index in [1.807, 2.05) is 68.6 Å². The van der Waals surface area contributed by atoms with Crippen molar-refractivity contribution in [2.45, 2.75) is 32.3 Å². The van der Waals surface area contributed by atoms with Crippen molar-refractivity contribution in [3.8, 4) is 11.3 Å². The van der Waals surface area contributed by atoms with Crippen LogP contribution in [0.1, 0.15) is 32.3 Å². The van der Waals surface area contributed by atoms with E-state index in [9.17, 15) is 9.59 Å². The second-order valence-electron chi connectivity index (χ2n) is 8.78. The Morgan fingerprint density at radius 3 is 2.59 bits per heavy atom. The molecule has 2 atom stereocenters. The Hall–Kier alpha value is -3.26. The van der Waals surface area contributed by atoms with Gasteiger partial charge in [-0.3, -0.25) is 9.78 Å². The minimum Gasteiger partial charge on any atom is -0.444 e. The number of pyridine rings is 1. The van der Waals surface area contributed by atoms with Gasteiger partial charge in [-0.1, -0.05) is 30.3 Å². The summed E-state index contributed by atoms with van der Waals surface area (Å²) in [5.41, 5.74) is 2.08. The molecule has 2 amide bonds. The SMILES string of the molecule is CC(C)(C)OC(=O)N1C[C@@H](C(=O)Nc2nc(-c3cccnc3)cs2)[C@H](c2ccccc2)C1. The number of amides is 2. The molecule has 1 aromatic carbocycles. The van der Waals surface area contributed by atoms with Crippen LogP contribution in [0.3, 0.4) is 0 Å². The second kappa shape index (κ2) is 9.08. The topological polar surface area (TPSA) is 84.4 Å². The molecular formula is C24H26N4O3S. The largest absolute Gasteiger partial charge is 0.444 e.